The first-order valence-corrected chi connectivity index (χ1v) is 7.58. The number of carbonyl (C=O) groups excluding carboxylic acids is 1. The van der Waals surface area contributed by atoms with Gasteiger partial charge in [0.05, 0.1) is 16.3 Å². The Balaban J connectivity index is 1.77. The van der Waals surface area contributed by atoms with Crippen LogP contribution in [0.2, 0.25) is 10.0 Å². The molecule has 23 heavy (non-hydrogen) atoms. The minimum atomic E-state index is -0.407. The maximum Gasteiger partial charge on any atom is 0.307 e. The van der Waals surface area contributed by atoms with Crippen LogP contribution in [0.4, 0.5) is 0 Å². The van der Waals surface area contributed by atoms with E-state index in [0.29, 0.717) is 15.6 Å². The molecule has 1 N–H and O–H groups in total. The molecule has 0 aliphatic rings. The highest BCUT2D eigenvalue weighted by Gasteiger charge is 2.16. The molecule has 0 aliphatic heterocycles. The summed E-state index contributed by atoms with van der Waals surface area (Å²) in [5.74, 6) is -0.160. The van der Waals surface area contributed by atoms with Crippen LogP contribution in [0.1, 0.15) is 21.7 Å². The van der Waals surface area contributed by atoms with E-state index < -0.39 is 5.91 Å². The molecule has 0 aliphatic carbocycles. The number of fused-ring (bicyclic) bond motifs is 1. The number of hydrogen-bond donors (Lipinski definition) is 1. The van der Waals surface area contributed by atoms with Crippen molar-refractivity contribution in [2.45, 2.75) is 6.92 Å². The van der Waals surface area contributed by atoms with Gasteiger partial charge in [0.2, 0.25) is 0 Å². The minimum Gasteiger partial charge on any atom is -0.451 e. The quantitative estimate of drug-likeness (QED) is 0.546. The Hall–Kier alpha value is -2.30. The number of furan rings is 1. The second kappa shape index (κ2) is 6.44. The Morgan fingerprint density at radius 2 is 1.96 bits per heavy atom. The highest BCUT2D eigenvalue weighted by Crippen LogP contribution is 2.25. The van der Waals surface area contributed by atoms with Crippen molar-refractivity contribution in [2.24, 2.45) is 5.10 Å². The number of nitrogens with zero attached hydrogens (tertiary/aromatic N) is 1. The third-order valence-electron chi connectivity index (χ3n) is 3.37. The summed E-state index contributed by atoms with van der Waals surface area (Å²) in [6.07, 6.45) is 1.48. The maximum absolute atomic E-state index is 12.2. The predicted molar refractivity (Wildman–Crippen MR) is 92.5 cm³/mol. The normalized spacial score (nSPS) is 11.3. The lowest BCUT2D eigenvalue weighted by Gasteiger charge is -1.99. The van der Waals surface area contributed by atoms with Crippen LogP contribution in [0.15, 0.2) is 52.0 Å². The molecular weight excluding hydrogens is 335 g/mol. The zero-order valence-corrected chi connectivity index (χ0v) is 13.7. The molecule has 0 radical (unpaired) electrons. The first-order chi connectivity index (χ1) is 11.1. The largest absolute Gasteiger partial charge is 0.451 e. The summed E-state index contributed by atoms with van der Waals surface area (Å²) in [6.45, 7) is 1.84. The van der Waals surface area contributed by atoms with Crippen molar-refractivity contribution in [2.75, 3.05) is 0 Å². The van der Waals surface area contributed by atoms with Crippen LogP contribution in [0.25, 0.3) is 11.0 Å². The molecule has 0 bridgehead atoms. The lowest BCUT2D eigenvalue weighted by molar-refractivity contribution is 0.0929. The fourth-order valence-electron chi connectivity index (χ4n) is 2.20. The highest BCUT2D eigenvalue weighted by atomic mass is 35.5. The average Bonchev–Trinajstić information content (AvgIpc) is 2.88. The first-order valence-electron chi connectivity index (χ1n) is 6.83. The van der Waals surface area contributed by atoms with Gasteiger partial charge in [0.25, 0.3) is 0 Å². The zero-order valence-electron chi connectivity index (χ0n) is 12.1. The Bertz CT molecular complexity index is 916. The van der Waals surface area contributed by atoms with Gasteiger partial charge < -0.3 is 4.42 Å². The van der Waals surface area contributed by atoms with Gasteiger partial charge in [0.15, 0.2) is 5.76 Å². The molecule has 3 rings (SSSR count). The summed E-state index contributed by atoms with van der Waals surface area (Å²) in [5.41, 5.74) is 4.62. The van der Waals surface area contributed by atoms with Gasteiger partial charge in [0, 0.05) is 10.9 Å². The van der Waals surface area contributed by atoms with Crippen molar-refractivity contribution in [3.63, 3.8) is 0 Å². The van der Waals surface area contributed by atoms with Crippen LogP contribution >= 0.6 is 23.2 Å². The molecule has 0 saturated heterocycles. The molecular formula is C17H12Cl2N2O2. The number of amides is 1. The molecule has 116 valence electrons. The van der Waals surface area contributed by atoms with Crippen molar-refractivity contribution < 1.29 is 9.21 Å². The Kier molecular flexibility index (Phi) is 4.37. The van der Waals surface area contributed by atoms with E-state index in [0.717, 1.165) is 16.5 Å². The number of para-hydroxylation sites is 1. The summed E-state index contributed by atoms with van der Waals surface area (Å²) < 4.78 is 5.57. The number of hydrogen-bond acceptors (Lipinski definition) is 3. The van der Waals surface area contributed by atoms with Crippen LogP contribution < -0.4 is 5.43 Å². The summed E-state index contributed by atoms with van der Waals surface area (Å²) >= 11 is 11.8. The van der Waals surface area contributed by atoms with Crippen LogP contribution in [0.3, 0.4) is 0 Å². The zero-order chi connectivity index (χ0) is 16.4. The molecule has 6 heteroatoms. The van der Waals surface area contributed by atoms with Gasteiger partial charge in [-0.05, 0) is 30.7 Å². The molecule has 3 aromatic rings. The van der Waals surface area contributed by atoms with E-state index in [9.17, 15) is 4.79 Å². The number of benzene rings is 2. The van der Waals surface area contributed by atoms with E-state index in [2.05, 4.69) is 10.5 Å². The van der Waals surface area contributed by atoms with Crippen LogP contribution in [-0.4, -0.2) is 12.1 Å². The Labute approximate surface area is 142 Å². The van der Waals surface area contributed by atoms with Crippen LogP contribution in [-0.2, 0) is 0 Å². The molecule has 2 aromatic carbocycles. The van der Waals surface area contributed by atoms with Gasteiger partial charge in [-0.1, -0.05) is 47.5 Å². The van der Waals surface area contributed by atoms with Gasteiger partial charge in [-0.2, -0.15) is 5.10 Å². The lowest BCUT2D eigenvalue weighted by Crippen LogP contribution is -2.17. The number of nitrogens with one attached hydrogen (secondary N) is 1. The molecule has 0 spiro atoms. The third kappa shape index (κ3) is 3.23. The molecule has 0 fully saturated rings. The topological polar surface area (TPSA) is 54.6 Å². The van der Waals surface area contributed by atoms with Gasteiger partial charge in [0.1, 0.15) is 5.58 Å². The number of rotatable bonds is 3. The van der Waals surface area contributed by atoms with Crippen molar-refractivity contribution in [3.8, 4) is 0 Å². The van der Waals surface area contributed by atoms with Gasteiger partial charge >= 0.3 is 5.91 Å². The molecule has 4 nitrogen and oxygen atoms in total. The van der Waals surface area contributed by atoms with Crippen molar-refractivity contribution >= 4 is 46.3 Å². The first kappa shape index (κ1) is 15.6. The Morgan fingerprint density at radius 1 is 1.17 bits per heavy atom. The molecule has 0 atom stereocenters. The summed E-state index contributed by atoms with van der Waals surface area (Å²) in [7, 11) is 0. The fourth-order valence-corrected chi connectivity index (χ4v) is 2.51. The monoisotopic (exact) mass is 346 g/mol. The van der Waals surface area contributed by atoms with E-state index in [1.807, 2.05) is 31.2 Å². The summed E-state index contributed by atoms with van der Waals surface area (Å²) in [4.78, 5) is 12.2. The molecule has 1 heterocycles. The van der Waals surface area contributed by atoms with Gasteiger partial charge in [-0.15, -0.1) is 0 Å². The van der Waals surface area contributed by atoms with Crippen LogP contribution in [0.5, 0.6) is 0 Å². The number of hydrazone groups is 1. The van der Waals surface area contributed by atoms with E-state index >= 15 is 0 Å². The van der Waals surface area contributed by atoms with Gasteiger partial charge in [-0.25, -0.2) is 5.43 Å². The Morgan fingerprint density at radius 3 is 2.70 bits per heavy atom. The van der Waals surface area contributed by atoms with Crippen molar-refractivity contribution in [3.05, 3.63) is 69.4 Å². The molecule has 1 aromatic heterocycles. The summed E-state index contributed by atoms with van der Waals surface area (Å²) in [5, 5.41) is 5.71. The maximum atomic E-state index is 12.2. The van der Waals surface area contributed by atoms with E-state index in [1.54, 1.807) is 18.2 Å². The number of carbonyl (C=O) groups is 1. The fraction of sp³-hybridized carbons (Fsp3) is 0.0588. The standard InChI is InChI=1S/C17H12Cl2N2O2/c1-10-12-4-2-3-5-15(12)23-16(10)17(22)21-20-9-11-6-7-13(18)14(19)8-11/h2-9H,1H3,(H,21,22)/b20-9-. The second-order valence-electron chi connectivity index (χ2n) is 4.93. The minimum absolute atomic E-state index is 0.248. The average molecular weight is 347 g/mol. The predicted octanol–water partition coefficient (Wildman–Crippen LogP) is 4.81. The lowest BCUT2D eigenvalue weighted by atomic mass is 10.1. The molecule has 0 unspecified atom stereocenters. The summed E-state index contributed by atoms with van der Waals surface area (Å²) in [6, 6.07) is 12.5. The van der Waals surface area contributed by atoms with E-state index in [4.69, 9.17) is 27.6 Å². The second-order valence-corrected chi connectivity index (χ2v) is 5.74. The SMILES string of the molecule is Cc1c(C(=O)N/N=C\c2ccc(Cl)c(Cl)c2)oc2ccccc12. The van der Waals surface area contributed by atoms with Gasteiger partial charge in [-0.3, -0.25) is 4.79 Å². The van der Waals surface area contributed by atoms with E-state index in [1.165, 1.54) is 6.21 Å². The number of aryl methyl sites for hydroxylation is 1. The van der Waals surface area contributed by atoms with Crippen molar-refractivity contribution in [1.82, 2.24) is 5.43 Å². The number of halogens is 2. The molecule has 1 amide bonds. The highest BCUT2D eigenvalue weighted by molar-refractivity contribution is 6.42. The van der Waals surface area contributed by atoms with Crippen molar-refractivity contribution in [1.29, 1.82) is 0 Å². The van der Waals surface area contributed by atoms with Crippen LogP contribution in [0, 0.1) is 6.92 Å². The smallest absolute Gasteiger partial charge is 0.307 e. The van der Waals surface area contributed by atoms with E-state index in [-0.39, 0.29) is 5.76 Å². The third-order valence-corrected chi connectivity index (χ3v) is 4.11. The molecule has 0 saturated carbocycles.